The van der Waals surface area contributed by atoms with Crippen LogP contribution in [-0.4, -0.2) is 45.7 Å². The van der Waals surface area contributed by atoms with Crippen LogP contribution in [-0.2, 0) is 15.0 Å². The van der Waals surface area contributed by atoms with Crippen molar-refractivity contribution in [2.24, 2.45) is 0 Å². The lowest BCUT2D eigenvalue weighted by Crippen LogP contribution is -2.54. The second-order valence-electron chi connectivity index (χ2n) is 7.29. The van der Waals surface area contributed by atoms with Crippen LogP contribution in [0.15, 0.2) is 24.3 Å². The lowest BCUT2D eigenvalue weighted by atomic mass is 9.76. The quantitative estimate of drug-likeness (QED) is 0.890. The Morgan fingerprint density at radius 2 is 1.71 bits per heavy atom. The second kappa shape index (κ2) is 6.20. The molecule has 1 aromatic carbocycles. The molecule has 1 saturated carbocycles. The number of carboxylic acids is 1. The van der Waals surface area contributed by atoms with Crippen LogP contribution in [0.1, 0.15) is 49.7 Å². The van der Waals surface area contributed by atoms with Crippen LogP contribution < -0.4 is 0 Å². The van der Waals surface area contributed by atoms with Gasteiger partial charge in [0, 0.05) is 25.9 Å². The van der Waals surface area contributed by atoms with Gasteiger partial charge in [-0.05, 0) is 25.3 Å². The molecule has 1 amide bonds. The molecular formula is C19H25NO4. The van der Waals surface area contributed by atoms with Crippen LogP contribution >= 0.6 is 0 Å². The van der Waals surface area contributed by atoms with Crippen molar-refractivity contribution in [1.29, 1.82) is 0 Å². The summed E-state index contributed by atoms with van der Waals surface area (Å²) in [5.41, 5.74) is 0.0442. The van der Waals surface area contributed by atoms with Gasteiger partial charge in [0.05, 0.1) is 5.41 Å². The SMILES string of the molecule is Cc1cccc(C2(C(=O)N3CCC(O)(C(=O)O)CC3)CCCC2)c1. The van der Waals surface area contributed by atoms with Crippen LogP contribution in [0, 0.1) is 6.92 Å². The van der Waals surface area contributed by atoms with Crippen molar-refractivity contribution < 1.29 is 19.8 Å². The molecule has 0 spiro atoms. The number of carbonyl (C=O) groups excluding carboxylic acids is 1. The number of amides is 1. The molecule has 1 aromatic rings. The summed E-state index contributed by atoms with van der Waals surface area (Å²) in [6.45, 7) is 2.63. The van der Waals surface area contributed by atoms with Gasteiger partial charge in [0.25, 0.3) is 0 Å². The smallest absolute Gasteiger partial charge is 0.335 e. The molecule has 1 aliphatic carbocycles. The Morgan fingerprint density at radius 1 is 1.08 bits per heavy atom. The molecule has 1 saturated heterocycles. The highest BCUT2D eigenvalue weighted by molar-refractivity contribution is 5.89. The highest BCUT2D eigenvalue weighted by Gasteiger charge is 2.48. The topological polar surface area (TPSA) is 77.8 Å². The van der Waals surface area contributed by atoms with Gasteiger partial charge in [-0.1, -0.05) is 42.7 Å². The van der Waals surface area contributed by atoms with Crippen LogP contribution in [0.4, 0.5) is 0 Å². The molecule has 0 atom stereocenters. The molecule has 5 nitrogen and oxygen atoms in total. The molecule has 0 aromatic heterocycles. The minimum atomic E-state index is -1.69. The molecule has 130 valence electrons. The summed E-state index contributed by atoms with van der Waals surface area (Å²) in [5, 5.41) is 19.2. The number of nitrogens with zero attached hydrogens (tertiary/aromatic N) is 1. The fourth-order valence-corrected chi connectivity index (χ4v) is 4.14. The maximum Gasteiger partial charge on any atom is 0.335 e. The standard InChI is InChI=1S/C19H25NO4/c1-14-5-4-6-15(13-14)18(7-2-3-8-18)16(21)20-11-9-19(24,10-12-20)17(22)23/h4-6,13,24H,2-3,7-12H2,1H3,(H,22,23). The number of carboxylic acid groups (broad SMARTS) is 1. The van der Waals surface area contributed by atoms with Gasteiger partial charge >= 0.3 is 5.97 Å². The normalized spacial score (nSPS) is 22.3. The Labute approximate surface area is 142 Å². The van der Waals surface area contributed by atoms with Gasteiger partial charge in [0.1, 0.15) is 0 Å². The summed E-state index contributed by atoms with van der Waals surface area (Å²) in [6.07, 6.45) is 3.94. The monoisotopic (exact) mass is 331 g/mol. The van der Waals surface area contributed by atoms with Crippen molar-refractivity contribution in [2.45, 2.75) is 56.5 Å². The number of rotatable bonds is 3. The Morgan fingerprint density at radius 3 is 2.25 bits per heavy atom. The van der Waals surface area contributed by atoms with E-state index in [2.05, 4.69) is 6.07 Å². The number of hydrogen-bond acceptors (Lipinski definition) is 3. The molecule has 2 N–H and O–H groups in total. The molecule has 1 heterocycles. The predicted molar refractivity (Wildman–Crippen MR) is 89.7 cm³/mol. The maximum absolute atomic E-state index is 13.3. The average molecular weight is 331 g/mol. The van der Waals surface area contributed by atoms with Gasteiger partial charge in [-0.2, -0.15) is 0 Å². The van der Waals surface area contributed by atoms with E-state index >= 15 is 0 Å². The van der Waals surface area contributed by atoms with E-state index in [0.29, 0.717) is 13.1 Å². The van der Waals surface area contributed by atoms with Gasteiger partial charge in [0.2, 0.25) is 5.91 Å². The Bertz CT molecular complexity index is 641. The molecule has 0 radical (unpaired) electrons. The van der Waals surface area contributed by atoms with Crippen molar-refractivity contribution in [1.82, 2.24) is 4.90 Å². The highest BCUT2D eigenvalue weighted by Crippen LogP contribution is 2.43. The van der Waals surface area contributed by atoms with Crippen LogP contribution in [0.25, 0.3) is 0 Å². The van der Waals surface area contributed by atoms with Crippen molar-refractivity contribution in [3.8, 4) is 0 Å². The summed E-state index contributed by atoms with van der Waals surface area (Å²) < 4.78 is 0. The number of benzene rings is 1. The van der Waals surface area contributed by atoms with Gasteiger partial charge < -0.3 is 15.1 Å². The number of aliphatic carboxylic acids is 1. The molecule has 1 aliphatic heterocycles. The van der Waals surface area contributed by atoms with Crippen LogP contribution in [0.3, 0.4) is 0 Å². The molecular weight excluding hydrogens is 306 g/mol. The first kappa shape index (κ1) is 17.0. The molecule has 2 aliphatic rings. The third-order valence-electron chi connectivity index (χ3n) is 5.71. The van der Waals surface area contributed by atoms with Gasteiger partial charge in [-0.15, -0.1) is 0 Å². The van der Waals surface area contributed by atoms with E-state index in [-0.39, 0.29) is 18.7 Å². The Balaban J connectivity index is 1.83. The number of hydrogen-bond donors (Lipinski definition) is 2. The largest absolute Gasteiger partial charge is 0.479 e. The lowest BCUT2D eigenvalue weighted by molar-refractivity contribution is -0.166. The number of piperidine rings is 1. The second-order valence-corrected chi connectivity index (χ2v) is 7.29. The van der Waals surface area contributed by atoms with Crippen LogP contribution in [0.2, 0.25) is 0 Å². The summed E-state index contributed by atoms with van der Waals surface area (Å²) >= 11 is 0. The van der Waals surface area contributed by atoms with E-state index in [0.717, 1.165) is 36.8 Å². The zero-order valence-corrected chi connectivity index (χ0v) is 14.1. The fourth-order valence-electron chi connectivity index (χ4n) is 4.14. The van der Waals surface area contributed by atoms with Crippen molar-refractivity contribution in [3.05, 3.63) is 35.4 Å². The van der Waals surface area contributed by atoms with E-state index in [1.807, 2.05) is 25.1 Å². The summed E-state index contributed by atoms with van der Waals surface area (Å²) in [7, 11) is 0. The molecule has 3 rings (SSSR count). The number of carbonyl (C=O) groups is 2. The Hall–Kier alpha value is -1.88. The van der Waals surface area contributed by atoms with E-state index < -0.39 is 17.0 Å². The van der Waals surface area contributed by atoms with Crippen molar-refractivity contribution >= 4 is 11.9 Å². The maximum atomic E-state index is 13.3. The van der Waals surface area contributed by atoms with Crippen molar-refractivity contribution in [3.63, 3.8) is 0 Å². The van der Waals surface area contributed by atoms with Gasteiger partial charge in [-0.3, -0.25) is 4.79 Å². The number of aryl methyl sites for hydroxylation is 1. The summed E-state index contributed by atoms with van der Waals surface area (Å²) in [5.74, 6) is -1.10. The third-order valence-corrected chi connectivity index (χ3v) is 5.71. The Kier molecular flexibility index (Phi) is 4.38. The molecule has 0 unspecified atom stereocenters. The first-order valence-electron chi connectivity index (χ1n) is 8.70. The zero-order chi connectivity index (χ0) is 17.4. The van der Waals surface area contributed by atoms with E-state index in [1.165, 1.54) is 0 Å². The van der Waals surface area contributed by atoms with Gasteiger partial charge in [0.15, 0.2) is 5.60 Å². The third kappa shape index (κ3) is 2.81. The van der Waals surface area contributed by atoms with Crippen LogP contribution in [0.5, 0.6) is 0 Å². The summed E-state index contributed by atoms with van der Waals surface area (Å²) in [6, 6.07) is 8.16. The van der Waals surface area contributed by atoms with E-state index in [1.54, 1.807) is 4.90 Å². The van der Waals surface area contributed by atoms with Crippen molar-refractivity contribution in [2.75, 3.05) is 13.1 Å². The number of likely N-dealkylation sites (tertiary alicyclic amines) is 1. The molecule has 24 heavy (non-hydrogen) atoms. The predicted octanol–water partition coefficient (Wildman–Crippen LogP) is 2.24. The first-order chi connectivity index (χ1) is 11.4. The number of aliphatic hydroxyl groups is 1. The minimum Gasteiger partial charge on any atom is -0.479 e. The molecule has 5 heteroatoms. The first-order valence-corrected chi connectivity index (χ1v) is 8.70. The van der Waals surface area contributed by atoms with Gasteiger partial charge in [-0.25, -0.2) is 4.79 Å². The average Bonchev–Trinajstić information content (AvgIpc) is 3.06. The summed E-state index contributed by atoms with van der Waals surface area (Å²) in [4.78, 5) is 26.2. The van der Waals surface area contributed by atoms with E-state index in [4.69, 9.17) is 5.11 Å². The lowest BCUT2D eigenvalue weighted by Gasteiger charge is -2.40. The molecule has 0 bridgehead atoms. The fraction of sp³-hybridized carbons (Fsp3) is 0.579. The van der Waals surface area contributed by atoms with E-state index in [9.17, 15) is 14.7 Å². The molecule has 2 fully saturated rings. The zero-order valence-electron chi connectivity index (χ0n) is 14.1. The minimum absolute atomic E-state index is 0.0952. The highest BCUT2D eigenvalue weighted by atomic mass is 16.4.